The predicted octanol–water partition coefficient (Wildman–Crippen LogP) is -5.58. The van der Waals surface area contributed by atoms with Crippen LogP contribution in [-0.4, -0.2) is 147 Å². The number of thiol groups is 1. The topological polar surface area (TPSA) is 333 Å². The number of carboxylic acids is 1. The van der Waals surface area contributed by atoms with E-state index in [9.17, 15) is 53.7 Å². The lowest BCUT2D eigenvalue weighted by atomic mass is 10.0. The van der Waals surface area contributed by atoms with Crippen LogP contribution in [0.25, 0.3) is 0 Å². The fourth-order valence-corrected chi connectivity index (χ4v) is 5.21. The molecule has 1 heterocycles. The van der Waals surface area contributed by atoms with Crippen LogP contribution in [0.3, 0.4) is 0 Å². The fourth-order valence-electron chi connectivity index (χ4n) is 4.96. The van der Waals surface area contributed by atoms with Crippen molar-refractivity contribution in [3.05, 3.63) is 0 Å². The number of nitrogens with one attached hydrogen (secondary N) is 5. The second-order valence-corrected chi connectivity index (χ2v) is 12.7. The molecule has 1 aliphatic rings. The average Bonchev–Trinajstić information content (AvgIpc) is 3.54. The van der Waals surface area contributed by atoms with Gasteiger partial charge in [-0.3, -0.25) is 33.6 Å². The van der Waals surface area contributed by atoms with Gasteiger partial charge in [-0.2, -0.15) is 12.6 Å². The molecule has 50 heavy (non-hydrogen) atoms. The van der Waals surface area contributed by atoms with Gasteiger partial charge in [0.05, 0.1) is 19.3 Å². The van der Waals surface area contributed by atoms with Gasteiger partial charge in [-0.05, 0) is 38.5 Å². The summed E-state index contributed by atoms with van der Waals surface area (Å²) in [6, 6.07) is -9.74. The highest BCUT2D eigenvalue weighted by Crippen LogP contribution is 2.21. The SMILES string of the molecule is CC(C)C[C@@H](NC(=O)[C@H](CO)NC(=O)[C@H](CS)NC(=O)[C@@H](N)CO)C(=O)N1CCC[C@H]1C(=O)N[C@@H](CCC(N)=O)C(=O)N[C@H](C(=O)O)[C@@H](C)O. The van der Waals surface area contributed by atoms with Crippen molar-refractivity contribution in [3.8, 4) is 0 Å². The normalized spacial score (nSPS) is 18.4. The van der Waals surface area contributed by atoms with Crippen LogP contribution in [0.1, 0.15) is 52.9 Å². The molecular formula is C29H50N8O12S. The van der Waals surface area contributed by atoms with Crippen LogP contribution in [0.5, 0.6) is 0 Å². The Bertz CT molecular complexity index is 1240. The maximum atomic E-state index is 13.8. The van der Waals surface area contributed by atoms with Crippen molar-refractivity contribution in [3.63, 3.8) is 0 Å². The Labute approximate surface area is 294 Å². The standard InChI is InChI=1S/C29H50N8O12S/c1-13(2)9-17(33-25(44)18(11-39)34-26(45)19(12-50)35-23(42)15(30)10-38)28(47)37-8-4-5-20(37)27(46)32-16(6-7-21(31)41)24(43)36-22(14(3)40)29(48)49/h13-20,22,38-40,50H,4-12,30H2,1-3H3,(H2,31,41)(H,32,46)(H,33,44)(H,34,45)(H,35,42)(H,36,43)(H,48,49)/t14-,15+,16+,17-,18+,19+,20+,22+/m1/s1. The minimum Gasteiger partial charge on any atom is -0.480 e. The summed E-state index contributed by atoms with van der Waals surface area (Å²) in [5, 5.41) is 49.6. The Balaban J connectivity index is 3.15. The Morgan fingerprint density at radius 1 is 0.820 bits per heavy atom. The molecule has 284 valence electrons. The molecule has 0 aliphatic carbocycles. The molecule has 1 fully saturated rings. The van der Waals surface area contributed by atoms with Crippen LogP contribution >= 0.6 is 12.6 Å². The number of carbonyl (C=O) groups is 8. The summed E-state index contributed by atoms with van der Waals surface area (Å²) < 4.78 is 0. The number of nitrogens with zero attached hydrogens (tertiary/aromatic N) is 1. The second-order valence-electron chi connectivity index (χ2n) is 12.3. The second kappa shape index (κ2) is 21.2. The number of hydrogen-bond acceptors (Lipinski definition) is 13. The zero-order chi connectivity index (χ0) is 38.3. The van der Waals surface area contributed by atoms with Crippen molar-refractivity contribution in [2.45, 2.75) is 101 Å². The summed E-state index contributed by atoms with van der Waals surface area (Å²) in [5.74, 6) is -7.96. The summed E-state index contributed by atoms with van der Waals surface area (Å²) in [5.41, 5.74) is 10.7. The van der Waals surface area contributed by atoms with Crippen molar-refractivity contribution in [2.75, 3.05) is 25.5 Å². The molecule has 0 aromatic rings. The zero-order valence-electron chi connectivity index (χ0n) is 28.2. The number of aliphatic hydroxyl groups is 3. The third kappa shape index (κ3) is 13.7. The number of primary amides is 1. The van der Waals surface area contributed by atoms with E-state index in [1.807, 2.05) is 0 Å². The van der Waals surface area contributed by atoms with Gasteiger partial charge in [0, 0.05) is 18.7 Å². The summed E-state index contributed by atoms with van der Waals surface area (Å²) in [6.45, 7) is 3.16. The molecule has 0 bridgehead atoms. The maximum Gasteiger partial charge on any atom is 0.328 e. The molecule has 20 nitrogen and oxygen atoms in total. The molecule has 1 rings (SSSR count). The van der Waals surface area contributed by atoms with Gasteiger partial charge in [-0.15, -0.1) is 0 Å². The van der Waals surface area contributed by atoms with Crippen LogP contribution in [0.15, 0.2) is 0 Å². The van der Waals surface area contributed by atoms with Gasteiger partial charge in [0.1, 0.15) is 36.3 Å². The van der Waals surface area contributed by atoms with E-state index in [2.05, 4.69) is 39.2 Å². The molecule has 13 N–H and O–H groups in total. The lowest BCUT2D eigenvalue weighted by molar-refractivity contribution is -0.146. The van der Waals surface area contributed by atoms with E-state index in [4.69, 9.17) is 16.6 Å². The van der Waals surface area contributed by atoms with Crippen LogP contribution < -0.4 is 38.1 Å². The highest BCUT2D eigenvalue weighted by molar-refractivity contribution is 7.80. The first-order valence-electron chi connectivity index (χ1n) is 16.0. The Hall–Kier alpha value is -4.05. The molecule has 21 heteroatoms. The van der Waals surface area contributed by atoms with Gasteiger partial charge in [0.25, 0.3) is 0 Å². The number of carboxylic acid groups (broad SMARTS) is 1. The lowest BCUT2D eigenvalue weighted by Crippen LogP contribution is -2.60. The first kappa shape index (κ1) is 44.0. The van der Waals surface area contributed by atoms with Crippen LogP contribution in [-0.2, 0) is 38.4 Å². The fraction of sp³-hybridized carbons (Fsp3) is 0.724. The van der Waals surface area contributed by atoms with Crippen molar-refractivity contribution < 1.29 is 58.8 Å². The monoisotopic (exact) mass is 734 g/mol. The number of hydrogen-bond donors (Lipinski definition) is 12. The van der Waals surface area contributed by atoms with Gasteiger partial charge in [-0.1, -0.05) is 13.8 Å². The van der Waals surface area contributed by atoms with E-state index in [1.54, 1.807) is 13.8 Å². The number of aliphatic hydroxyl groups excluding tert-OH is 3. The van der Waals surface area contributed by atoms with E-state index in [-0.39, 0.29) is 43.9 Å². The third-order valence-electron chi connectivity index (χ3n) is 7.68. The highest BCUT2D eigenvalue weighted by atomic mass is 32.1. The molecule has 0 aromatic heterocycles. The predicted molar refractivity (Wildman–Crippen MR) is 178 cm³/mol. The van der Waals surface area contributed by atoms with Crippen molar-refractivity contribution >= 4 is 59.9 Å². The minimum atomic E-state index is -1.72. The number of aliphatic carboxylic acids is 1. The number of amides is 7. The largest absolute Gasteiger partial charge is 0.480 e. The van der Waals surface area contributed by atoms with Crippen molar-refractivity contribution in [1.29, 1.82) is 0 Å². The van der Waals surface area contributed by atoms with E-state index in [0.717, 1.165) is 6.92 Å². The minimum absolute atomic E-state index is 0.0788. The first-order valence-corrected chi connectivity index (χ1v) is 16.6. The maximum absolute atomic E-state index is 13.8. The molecule has 0 aromatic carbocycles. The molecule has 1 aliphatic heterocycles. The smallest absolute Gasteiger partial charge is 0.328 e. The van der Waals surface area contributed by atoms with Crippen molar-refractivity contribution in [2.24, 2.45) is 17.4 Å². The van der Waals surface area contributed by atoms with Crippen LogP contribution in [0.2, 0.25) is 0 Å². The molecule has 1 saturated heterocycles. The van der Waals surface area contributed by atoms with Gasteiger partial charge < -0.3 is 63.4 Å². The third-order valence-corrected chi connectivity index (χ3v) is 8.05. The molecule has 0 unspecified atom stereocenters. The number of rotatable bonds is 21. The lowest BCUT2D eigenvalue weighted by Gasteiger charge is -2.31. The average molecular weight is 735 g/mol. The van der Waals surface area contributed by atoms with E-state index >= 15 is 0 Å². The summed E-state index contributed by atoms with van der Waals surface area (Å²) in [7, 11) is 0. The first-order chi connectivity index (χ1) is 23.4. The van der Waals surface area contributed by atoms with E-state index in [0.29, 0.717) is 6.42 Å². The van der Waals surface area contributed by atoms with Crippen LogP contribution in [0, 0.1) is 5.92 Å². The molecular weight excluding hydrogens is 684 g/mol. The zero-order valence-corrected chi connectivity index (χ0v) is 29.1. The number of nitrogens with two attached hydrogens (primary N) is 2. The van der Waals surface area contributed by atoms with E-state index < -0.39 is 109 Å². The summed E-state index contributed by atoms with van der Waals surface area (Å²) >= 11 is 4.01. The number of likely N-dealkylation sites (tertiary alicyclic amines) is 1. The Kier molecular flexibility index (Phi) is 18.7. The Morgan fingerprint density at radius 2 is 1.38 bits per heavy atom. The molecule has 8 atom stereocenters. The molecule has 0 radical (unpaired) electrons. The number of carbonyl (C=O) groups excluding carboxylic acids is 7. The van der Waals surface area contributed by atoms with Gasteiger partial charge in [0.2, 0.25) is 41.4 Å². The summed E-state index contributed by atoms with van der Waals surface area (Å²) in [4.78, 5) is 102. The van der Waals surface area contributed by atoms with Gasteiger partial charge >= 0.3 is 5.97 Å². The summed E-state index contributed by atoms with van der Waals surface area (Å²) in [6.07, 6.45) is -1.58. The highest BCUT2D eigenvalue weighted by Gasteiger charge is 2.40. The van der Waals surface area contributed by atoms with Gasteiger partial charge in [-0.25, -0.2) is 4.79 Å². The molecule has 0 saturated carbocycles. The molecule has 7 amide bonds. The van der Waals surface area contributed by atoms with Gasteiger partial charge in [0.15, 0.2) is 6.04 Å². The quantitative estimate of drug-likeness (QED) is 0.0490. The Morgan fingerprint density at radius 3 is 1.88 bits per heavy atom. The molecule has 0 spiro atoms. The van der Waals surface area contributed by atoms with Crippen molar-refractivity contribution in [1.82, 2.24) is 31.5 Å². The van der Waals surface area contributed by atoms with E-state index in [1.165, 1.54) is 4.90 Å². The van der Waals surface area contributed by atoms with Crippen LogP contribution in [0.4, 0.5) is 0 Å².